The highest BCUT2D eigenvalue weighted by Gasteiger charge is 2.21. The fraction of sp³-hybridized carbons (Fsp3) is 0.333. The molecule has 1 aromatic heterocycles. The number of aliphatic hydroxyl groups is 1. The molecule has 0 saturated heterocycles. The summed E-state index contributed by atoms with van der Waals surface area (Å²) >= 11 is 1.06. The highest BCUT2D eigenvalue weighted by atomic mass is 32.1. The van der Waals surface area contributed by atoms with E-state index in [0.29, 0.717) is 16.1 Å². The maximum Gasteiger partial charge on any atom is 0.159 e. The molecule has 0 aliphatic rings. The second-order valence-electron chi connectivity index (χ2n) is 4.25. The molecular formula is C12H12F2N2OS. The van der Waals surface area contributed by atoms with Crippen LogP contribution in [0.5, 0.6) is 0 Å². The van der Waals surface area contributed by atoms with Crippen LogP contribution in [-0.4, -0.2) is 14.7 Å². The van der Waals surface area contributed by atoms with Crippen LogP contribution in [0.1, 0.15) is 42.0 Å². The average molecular weight is 270 g/mol. The van der Waals surface area contributed by atoms with E-state index in [2.05, 4.69) is 9.59 Å². The smallest absolute Gasteiger partial charge is 0.159 e. The Morgan fingerprint density at radius 1 is 1.22 bits per heavy atom. The van der Waals surface area contributed by atoms with Gasteiger partial charge >= 0.3 is 0 Å². The summed E-state index contributed by atoms with van der Waals surface area (Å²) in [6.45, 7) is 3.86. The van der Waals surface area contributed by atoms with Crippen molar-refractivity contribution in [2.75, 3.05) is 0 Å². The molecule has 0 aliphatic carbocycles. The normalized spacial score (nSPS) is 13.0. The van der Waals surface area contributed by atoms with Crippen LogP contribution >= 0.6 is 11.5 Å². The maximum atomic E-state index is 13.1. The molecule has 2 aromatic rings. The Morgan fingerprint density at radius 3 is 2.56 bits per heavy atom. The molecular weight excluding hydrogens is 258 g/mol. The molecule has 0 amide bonds. The molecule has 1 aromatic carbocycles. The predicted octanol–water partition coefficient (Wildman–Crippen LogP) is 3.02. The molecule has 0 aliphatic heterocycles. The Kier molecular flexibility index (Phi) is 3.68. The van der Waals surface area contributed by atoms with Crippen LogP contribution in [0.4, 0.5) is 8.78 Å². The van der Waals surface area contributed by atoms with Gasteiger partial charge in [-0.2, -0.15) is 0 Å². The van der Waals surface area contributed by atoms with Gasteiger partial charge in [-0.15, -0.1) is 5.10 Å². The summed E-state index contributed by atoms with van der Waals surface area (Å²) in [5, 5.41) is 14.1. The quantitative estimate of drug-likeness (QED) is 0.932. The van der Waals surface area contributed by atoms with Gasteiger partial charge < -0.3 is 5.11 Å². The number of benzene rings is 1. The Balaban J connectivity index is 2.38. The minimum absolute atomic E-state index is 0.110. The van der Waals surface area contributed by atoms with Crippen molar-refractivity contribution in [2.24, 2.45) is 0 Å². The third-order valence-corrected chi connectivity index (χ3v) is 3.39. The predicted molar refractivity (Wildman–Crippen MR) is 64.4 cm³/mol. The second-order valence-corrected chi connectivity index (χ2v) is 5.04. The van der Waals surface area contributed by atoms with E-state index in [9.17, 15) is 13.9 Å². The number of nitrogens with zero attached hydrogens (tertiary/aromatic N) is 2. The van der Waals surface area contributed by atoms with E-state index in [-0.39, 0.29) is 5.92 Å². The summed E-state index contributed by atoms with van der Waals surface area (Å²) in [4.78, 5) is 0.566. The van der Waals surface area contributed by atoms with Crippen LogP contribution < -0.4 is 0 Å². The van der Waals surface area contributed by atoms with Gasteiger partial charge in [-0.3, -0.25) is 0 Å². The van der Waals surface area contributed by atoms with E-state index in [1.54, 1.807) is 0 Å². The zero-order valence-corrected chi connectivity index (χ0v) is 10.7. The van der Waals surface area contributed by atoms with E-state index in [1.165, 1.54) is 6.07 Å². The van der Waals surface area contributed by atoms with Gasteiger partial charge in [0.1, 0.15) is 6.10 Å². The number of aromatic nitrogens is 2. The first-order valence-corrected chi connectivity index (χ1v) is 6.23. The first-order valence-electron chi connectivity index (χ1n) is 5.46. The highest BCUT2D eigenvalue weighted by molar-refractivity contribution is 7.05. The minimum atomic E-state index is -1.03. The number of hydrogen-bond donors (Lipinski definition) is 1. The Bertz CT molecular complexity index is 557. The molecule has 0 fully saturated rings. The highest BCUT2D eigenvalue weighted by Crippen LogP contribution is 2.31. The van der Waals surface area contributed by atoms with Crippen LogP contribution in [0.15, 0.2) is 18.2 Å². The summed E-state index contributed by atoms with van der Waals surface area (Å²) in [5.74, 6) is -1.80. The molecule has 3 nitrogen and oxygen atoms in total. The van der Waals surface area contributed by atoms with Crippen molar-refractivity contribution in [1.29, 1.82) is 0 Å². The molecule has 1 heterocycles. The molecule has 96 valence electrons. The van der Waals surface area contributed by atoms with E-state index in [1.807, 2.05) is 13.8 Å². The Morgan fingerprint density at radius 2 is 1.94 bits per heavy atom. The molecule has 1 atom stereocenters. The van der Waals surface area contributed by atoms with E-state index in [4.69, 9.17) is 0 Å². The van der Waals surface area contributed by atoms with Gasteiger partial charge in [0.2, 0.25) is 0 Å². The summed E-state index contributed by atoms with van der Waals surface area (Å²) < 4.78 is 29.8. The average Bonchev–Trinajstić information content (AvgIpc) is 2.81. The molecule has 18 heavy (non-hydrogen) atoms. The van der Waals surface area contributed by atoms with Crippen LogP contribution in [0.2, 0.25) is 0 Å². The van der Waals surface area contributed by atoms with Gasteiger partial charge in [0.05, 0.1) is 10.6 Å². The van der Waals surface area contributed by atoms with E-state index < -0.39 is 17.7 Å². The van der Waals surface area contributed by atoms with Gasteiger partial charge in [0, 0.05) is 0 Å². The lowest BCUT2D eigenvalue weighted by atomic mass is 10.0. The summed E-state index contributed by atoms with van der Waals surface area (Å²) in [6, 6.07) is 3.34. The van der Waals surface area contributed by atoms with Gasteiger partial charge in [-0.05, 0) is 35.1 Å². The molecule has 1 N–H and O–H groups in total. The summed E-state index contributed by atoms with van der Waals surface area (Å²) in [7, 11) is 0. The van der Waals surface area contributed by atoms with Crippen molar-refractivity contribution in [2.45, 2.75) is 25.9 Å². The monoisotopic (exact) mass is 270 g/mol. The summed E-state index contributed by atoms with van der Waals surface area (Å²) in [5.41, 5.74) is 0.971. The maximum absolute atomic E-state index is 13.1. The van der Waals surface area contributed by atoms with Crippen molar-refractivity contribution >= 4 is 11.5 Å². The number of hydrogen-bond acceptors (Lipinski definition) is 4. The zero-order chi connectivity index (χ0) is 13.3. The van der Waals surface area contributed by atoms with Gasteiger partial charge in [0.15, 0.2) is 11.6 Å². The lowest BCUT2D eigenvalue weighted by Gasteiger charge is -2.11. The fourth-order valence-electron chi connectivity index (χ4n) is 1.63. The molecule has 2 rings (SSSR count). The topological polar surface area (TPSA) is 46.0 Å². The molecule has 1 unspecified atom stereocenters. The molecule has 0 bridgehead atoms. The lowest BCUT2D eigenvalue weighted by Crippen LogP contribution is -2.03. The third-order valence-electron chi connectivity index (χ3n) is 2.59. The van der Waals surface area contributed by atoms with Gasteiger partial charge in [0.25, 0.3) is 0 Å². The molecule has 0 saturated carbocycles. The van der Waals surface area contributed by atoms with Crippen molar-refractivity contribution in [3.05, 3.63) is 46.0 Å². The zero-order valence-electron chi connectivity index (χ0n) is 9.89. The van der Waals surface area contributed by atoms with Crippen LogP contribution in [0, 0.1) is 11.6 Å². The lowest BCUT2D eigenvalue weighted by molar-refractivity contribution is 0.221. The number of aliphatic hydroxyl groups excluding tert-OH is 1. The summed E-state index contributed by atoms with van der Waals surface area (Å²) in [6.07, 6.45) is -1.03. The fourth-order valence-corrected chi connectivity index (χ4v) is 2.45. The van der Waals surface area contributed by atoms with Crippen molar-refractivity contribution in [3.8, 4) is 0 Å². The standard InChI is InChI=1S/C12H12F2N2OS/c1-6(2)10-12(18-16-15-10)11(17)7-3-4-8(13)9(14)5-7/h3-6,11,17H,1-2H3. The first kappa shape index (κ1) is 13.0. The molecule has 0 spiro atoms. The SMILES string of the molecule is CC(C)c1nnsc1C(O)c1ccc(F)c(F)c1. The third kappa shape index (κ3) is 2.39. The first-order chi connectivity index (χ1) is 8.50. The minimum Gasteiger partial charge on any atom is -0.383 e. The number of rotatable bonds is 3. The van der Waals surface area contributed by atoms with Crippen LogP contribution in [0.3, 0.4) is 0 Å². The van der Waals surface area contributed by atoms with Crippen LogP contribution in [0.25, 0.3) is 0 Å². The molecule has 0 radical (unpaired) electrons. The largest absolute Gasteiger partial charge is 0.383 e. The van der Waals surface area contributed by atoms with E-state index in [0.717, 1.165) is 23.7 Å². The molecule has 6 heteroatoms. The van der Waals surface area contributed by atoms with Crippen LogP contribution in [-0.2, 0) is 0 Å². The number of halogens is 2. The second kappa shape index (κ2) is 5.07. The van der Waals surface area contributed by atoms with Crippen molar-refractivity contribution < 1.29 is 13.9 Å². The van der Waals surface area contributed by atoms with Gasteiger partial charge in [-0.25, -0.2) is 8.78 Å². The Hall–Kier alpha value is -1.40. The van der Waals surface area contributed by atoms with Crippen molar-refractivity contribution in [1.82, 2.24) is 9.59 Å². The van der Waals surface area contributed by atoms with Gasteiger partial charge in [-0.1, -0.05) is 24.4 Å². The van der Waals surface area contributed by atoms with E-state index >= 15 is 0 Å². The van der Waals surface area contributed by atoms with Crippen molar-refractivity contribution in [3.63, 3.8) is 0 Å². The Labute approximate surface area is 107 Å².